The number of thiazole rings is 1. The first-order chi connectivity index (χ1) is 11.7. The fourth-order valence-electron chi connectivity index (χ4n) is 2.60. The molecular weight excluding hydrogens is 322 g/mol. The van der Waals surface area contributed by atoms with Crippen LogP contribution in [0.5, 0.6) is 0 Å². The maximum Gasteiger partial charge on any atom is 0.222 e. The highest BCUT2D eigenvalue weighted by molar-refractivity contribution is 7.12. The molecule has 0 saturated heterocycles. The Hall–Kier alpha value is -2.22. The fourth-order valence-corrected chi connectivity index (χ4v) is 3.28. The van der Waals surface area contributed by atoms with E-state index in [0.717, 1.165) is 10.7 Å². The zero-order valence-corrected chi connectivity index (χ0v) is 14.6. The summed E-state index contributed by atoms with van der Waals surface area (Å²) in [6, 6.07) is 6.31. The van der Waals surface area contributed by atoms with Crippen molar-refractivity contribution in [3.8, 4) is 0 Å². The molecule has 1 aromatic carbocycles. The van der Waals surface area contributed by atoms with Gasteiger partial charge in [0.2, 0.25) is 6.41 Å². The second-order valence-corrected chi connectivity index (χ2v) is 7.02. The molecule has 1 aliphatic carbocycles. The number of hydrogen-bond donors (Lipinski definition) is 3. The predicted molar refractivity (Wildman–Crippen MR) is 98.1 cm³/mol. The number of aryl methyl sites for hydroxylation is 1. The van der Waals surface area contributed by atoms with Crippen molar-refractivity contribution in [2.45, 2.75) is 25.7 Å². The fraction of sp³-hybridized carbons (Fsp3) is 0.294. The molecule has 2 aromatic rings. The molecule has 0 bridgehead atoms. The highest BCUT2D eigenvalue weighted by Crippen LogP contribution is 2.44. The zero-order chi connectivity index (χ0) is 16.9. The molecule has 24 heavy (non-hydrogen) atoms. The van der Waals surface area contributed by atoms with Crippen LogP contribution < -0.4 is 21.5 Å². The monoisotopic (exact) mass is 343 g/mol. The van der Waals surface area contributed by atoms with E-state index in [9.17, 15) is 4.79 Å². The average Bonchev–Trinajstić information content (AvgIpc) is 3.35. The van der Waals surface area contributed by atoms with Crippen LogP contribution in [-0.2, 0) is 4.79 Å². The Morgan fingerprint density at radius 3 is 2.83 bits per heavy atom. The predicted octanol–water partition coefficient (Wildman–Crippen LogP) is 2.61. The molecule has 1 heterocycles. The minimum absolute atomic E-state index is 0.576. The number of nitrogens with one attached hydrogen (secondary N) is 3. The van der Waals surface area contributed by atoms with Crippen molar-refractivity contribution in [3.63, 3.8) is 0 Å². The number of anilines is 1. The maximum atomic E-state index is 10.4. The van der Waals surface area contributed by atoms with Crippen molar-refractivity contribution in [2.24, 2.45) is 0 Å². The molecule has 3 rings (SSSR count). The normalized spacial score (nSPS) is 14.1. The standard InChI is InChI=1S/C17H21N5OS/c1-12-10-18-17(24-12)9-8-15-14(13-6-7-13)4-3-5-16(15)22(2)21-20-19-11-23/h3-5,8-11,13,20-21H,6-7H2,1-2H3,(H,19,23)/b9-8+. The number of carbonyl (C=O) groups is 1. The lowest BCUT2D eigenvalue weighted by Gasteiger charge is -2.23. The van der Waals surface area contributed by atoms with Crippen molar-refractivity contribution < 1.29 is 4.79 Å². The van der Waals surface area contributed by atoms with Gasteiger partial charge < -0.3 is 0 Å². The summed E-state index contributed by atoms with van der Waals surface area (Å²) in [5, 5.41) is 2.84. The molecule has 3 N–H and O–H groups in total. The van der Waals surface area contributed by atoms with Gasteiger partial charge in [-0.1, -0.05) is 12.1 Å². The van der Waals surface area contributed by atoms with Gasteiger partial charge in [-0.05, 0) is 49.5 Å². The number of amides is 1. The van der Waals surface area contributed by atoms with E-state index in [1.165, 1.54) is 28.8 Å². The summed E-state index contributed by atoms with van der Waals surface area (Å²) in [6.45, 7) is 2.06. The van der Waals surface area contributed by atoms with E-state index >= 15 is 0 Å². The second-order valence-electron chi connectivity index (χ2n) is 5.75. The highest BCUT2D eigenvalue weighted by Gasteiger charge is 2.26. The van der Waals surface area contributed by atoms with Gasteiger partial charge in [0.15, 0.2) is 0 Å². The third-order valence-corrected chi connectivity index (χ3v) is 4.76. The van der Waals surface area contributed by atoms with Crippen molar-refractivity contribution in [3.05, 3.63) is 45.4 Å². The molecule has 0 unspecified atom stereocenters. The van der Waals surface area contributed by atoms with Gasteiger partial charge in [0.05, 0.1) is 5.69 Å². The molecule has 0 atom stereocenters. The van der Waals surface area contributed by atoms with E-state index < -0.39 is 0 Å². The lowest BCUT2D eigenvalue weighted by Crippen LogP contribution is -2.51. The Bertz CT molecular complexity index is 738. The number of aromatic nitrogens is 1. The number of rotatable bonds is 8. The molecule has 0 radical (unpaired) electrons. The van der Waals surface area contributed by atoms with Crippen LogP contribution in [0.15, 0.2) is 24.4 Å². The Morgan fingerprint density at radius 1 is 1.33 bits per heavy atom. The van der Waals surface area contributed by atoms with Crippen LogP contribution in [0.4, 0.5) is 5.69 Å². The van der Waals surface area contributed by atoms with E-state index in [1.807, 2.05) is 24.3 Å². The van der Waals surface area contributed by atoms with Gasteiger partial charge in [-0.3, -0.25) is 15.2 Å². The first-order valence-corrected chi connectivity index (χ1v) is 8.67. The van der Waals surface area contributed by atoms with E-state index in [1.54, 1.807) is 11.3 Å². The summed E-state index contributed by atoms with van der Waals surface area (Å²) in [6.07, 6.45) is 9.14. The van der Waals surface area contributed by atoms with E-state index in [4.69, 9.17) is 0 Å². The van der Waals surface area contributed by atoms with Crippen molar-refractivity contribution in [2.75, 3.05) is 12.1 Å². The average molecular weight is 343 g/mol. The van der Waals surface area contributed by atoms with Crippen molar-refractivity contribution >= 4 is 35.6 Å². The first-order valence-electron chi connectivity index (χ1n) is 7.86. The topological polar surface area (TPSA) is 69.3 Å². The lowest BCUT2D eigenvalue weighted by atomic mass is 10.0. The molecule has 6 nitrogen and oxygen atoms in total. The largest absolute Gasteiger partial charge is 0.296 e. The Balaban J connectivity index is 1.88. The molecule has 1 amide bonds. The van der Waals surface area contributed by atoms with Gasteiger partial charge in [-0.15, -0.1) is 11.3 Å². The smallest absolute Gasteiger partial charge is 0.222 e. The molecule has 0 aliphatic heterocycles. The van der Waals surface area contributed by atoms with Crippen LogP contribution in [0.2, 0.25) is 0 Å². The van der Waals surface area contributed by atoms with E-state index in [-0.39, 0.29) is 0 Å². The molecule has 1 saturated carbocycles. The molecular formula is C17H21N5OS. The van der Waals surface area contributed by atoms with Crippen LogP contribution in [-0.4, -0.2) is 18.4 Å². The summed E-state index contributed by atoms with van der Waals surface area (Å²) in [5.41, 5.74) is 11.5. The molecule has 1 aliphatic rings. The minimum atomic E-state index is 0.576. The van der Waals surface area contributed by atoms with E-state index in [0.29, 0.717) is 12.3 Å². The van der Waals surface area contributed by atoms with Gasteiger partial charge in [0, 0.05) is 23.7 Å². The summed E-state index contributed by atoms with van der Waals surface area (Å²) in [4.78, 5) is 16.0. The quantitative estimate of drug-likeness (QED) is 0.390. The lowest BCUT2D eigenvalue weighted by molar-refractivity contribution is -0.110. The molecule has 7 heteroatoms. The maximum absolute atomic E-state index is 10.4. The number of nitrogens with zero attached hydrogens (tertiary/aromatic N) is 2. The number of hydrazine groups is 3. The van der Waals surface area contributed by atoms with Crippen LogP contribution in [0, 0.1) is 6.92 Å². The van der Waals surface area contributed by atoms with Gasteiger partial charge in [-0.25, -0.2) is 4.98 Å². The third-order valence-electron chi connectivity index (χ3n) is 3.88. The van der Waals surface area contributed by atoms with Crippen LogP contribution >= 0.6 is 11.3 Å². The summed E-state index contributed by atoms with van der Waals surface area (Å²) >= 11 is 1.68. The Labute approximate surface area is 145 Å². The summed E-state index contributed by atoms with van der Waals surface area (Å²) in [5.74, 6) is 0.636. The van der Waals surface area contributed by atoms with Gasteiger partial charge in [0.25, 0.3) is 0 Å². The summed E-state index contributed by atoms with van der Waals surface area (Å²) in [7, 11) is 1.90. The number of benzene rings is 1. The van der Waals surface area contributed by atoms with Crippen LogP contribution in [0.25, 0.3) is 12.2 Å². The molecule has 1 aromatic heterocycles. The SMILES string of the molecule is Cc1cnc(/C=C/c2c(C3CC3)cccc2N(C)NNNC=O)s1. The van der Waals surface area contributed by atoms with Gasteiger partial charge >= 0.3 is 0 Å². The van der Waals surface area contributed by atoms with Crippen LogP contribution in [0.3, 0.4) is 0 Å². The molecule has 0 spiro atoms. The van der Waals surface area contributed by atoms with Crippen LogP contribution in [0.1, 0.15) is 39.8 Å². The first kappa shape index (κ1) is 16.6. The third kappa shape index (κ3) is 4.00. The van der Waals surface area contributed by atoms with Gasteiger partial charge in [-0.2, -0.15) is 11.1 Å². The molecule has 1 fully saturated rings. The zero-order valence-electron chi connectivity index (χ0n) is 13.7. The number of carbonyl (C=O) groups excluding carboxylic acids is 1. The minimum Gasteiger partial charge on any atom is -0.296 e. The Kier molecular flexibility index (Phi) is 5.24. The van der Waals surface area contributed by atoms with Gasteiger partial charge in [0.1, 0.15) is 5.01 Å². The van der Waals surface area contributed by atoms with Crippen molar-refractivity contribution in [1.82, 2.24) is 21.5 Å². The van der Waals surface area contributed by atoms with Crippen molar-refractivity contribution in [1.29, 1.82) is 0 Å². The highest BCUT2D eigenvalue weighted by atomic mass is 32.1. The van der Waals surface area contributed by atoms with E-state index in [2.05, 4.69) is 52.7 Å². The second kappa shape index (κ2) is 7.57. The molecule has 126 valence electrons. The summed E-state index contributed by atoms with van der Waals surface area (Å²) < 4.78 is 0. The number of hydrogen-bond acceptors (Lipinski definition) is 6. The Morgan fingerprint density at radius 2 is 2.17 bits per heavy atom.